The van der Waals surface area contributed by atoms with E-state index < -0.39 is 5.92 Å². The lowest BCUT2D eigenvalue weighted by molar-refractivity contribution is -0.122. The number of anilines is 2. The van der Waals surface area contributed by atoms with Crippen LogP contribution in [0.4, 0.5) is 10.7 Å². The monoisotopic (exact) mass is 496 g/mol. The van der Waals surface area contributed by atoms with Gasteiger partial charge in [-0.1, -0.05) is 53.4 Å². The molecule has 0 aliphatic carbocycles. The normalized spacial score (nSPS) is 15.3. The van der Waals surface area contributed by atoms with E-state index >= 15 is 0 Å². The summed E-state index contributed by atoms with van der Waals surface area (Å²) in [6.07, 6.45) is 0.135. The number of aromatic nitrogens is 1. The topological polar surface area (TPSA) is 101 Å². The molecule has 0 spiro atoms. The van der Waals surface area contributed by atoms with E-state index in [-0.39, 0.29) is 29.9 Å². The molecule has 10 heteroatoms. The Kier molecular flexibility index (Phi) is 7.49. The van der Waals surface area contributed by atoms with Crippen LogP contribution in [0.3, 0.4) is 0 Å². The van der Waals surface area contributed by atoms with Gasteiger partial charge in [0.15, 0.2) is 4.34 Å². The summed E-state index contributed by atoms with van der Waals surface area (Å²) in [6.45, 7) is 0.300. The number of hydrogen-bond donors (Lipinski definition) is 2. The third-order valence-corrected chi connectivity index (χ3v) is 7.49. The Balaban J connectivity index is 1.50. The van der Waals surface area contributed by atoms with Gasteiger partial charge in [-0.3, -0.25) is 14.4 Å². The van der Waals surface area contributed by atoms with Crippen LogP contribution in [-0.4, -0.2) is 49.2 Å². The highest BCUT2D eigenvalue weighted by atomic mass is 32.2. The number of nitrogens with zero attached hydrogens (tertiary/aromatic N) is 2. The van der Waals surface area contributed by atoms with Crippen LogP contribution in [0.2, 0.25) is 0 Å². The number of methoxy groups -OCH3 is 1. The van der Waals surface area contributed by atoms with Crippen molar-refractivity contribution in [1.29, 1.82) is 0 Å². The van der Waals surface area contributed by atoms with E-state index in [1.165, 1.54) is 23.1 Å². The number of thioether (sulfide) groups is 1. The van der Waals surface area contributed by atoms with Gasteiger partial charge in [0.25, 0.3) is 0 Å². The number of rotatable bonds is 8. The number of hydrogen-bond acceptors (Lipinski definition) is 7. The fraction of sp³-hybridized carbons (Fsp3) is 0.250. The first-order valence-corrected chi connectivity index (χ1v) is 12.4. The number of amides is 3. The number of benzene rings is 2. The molecule has 3 amide bonds. The molecule has 1 aliphatic rings. The highest BCUT2D eigenvalue weighted by Gasteiger charge is 2.35. The van der Waals surface area contributed by atoms with Crippen LogP contribution in [0.25, 0.3) is 11.3 Å². The Labute approximate surface area is 205 Å². The second-order valence-corrected chi connectivity index (χ2v) is 9.80. The summed E-state index contributed by atoms with van der Waals surface area (Å²) < 4.78 is 5.86. The van der Waals surface area contributed by atoms with E-state index in [9.17, 15) is 14.4 Å². The van der Waals surface area contributed by atoms with Gasteiger partial charge in [0.2, 0.25) is 17.7 Å². The Hall–Kier alpha value is -3.37. The molecule has 3 aromatic rings. The summed E-state index contributed by atoms with van der Waals surface area (Å²) >= 11 is 2.64. The van der Waals surface area contributed by atoms with Crippen LogP contribution in [0, 0.1) is 5.92 Å². The zero-order chi connectivity index (χ0) is 24.1. The molecule has 4 rings (SSSR count). The average Bonchev–Trinajstić information content (AvgIpc) is 3.46. The highest BCUT2D eigenvalue weighted by molar-refractivity contribution is 8.01. The van der Waals surface area contributed by atoms with Gasteiger partial charge in [-0.05, 0) is 24.3 Å². The summed E-state index contributed by atoms with van der Waals surface area (Å²) in [4.78, 5) is 43.7. The van der Waals surface area contributed by atoms with E-state index in [0.29, 0.717) is 27.3 Å². The van der Waals surface area contributed by atoms with Crippen molar-refractivity contribution in [2.24, 2.45) is 5.92 Å². The van der Waals surface area contributed by atoms with Gasteiger partial charge >= 0.3 is 0 Å². The summed E-state index contributed by atoms with van der Waals surface area (Å²) in [5, 5.41) is 6.18. The maximum Gasteiger partial charge on any atom is 0.230 e. The van der Waals surface area contributed by atoms with Crippen LogP contribution >= 0.6 is 23.1 Å². The average molecular weight is 497 g/mol. The van der Waals surface area contributed by atoms with E-state index in [1.54, 1.807) is 31.2 Å². The van der Waals surface area contributed by atoms with Crippen LogP contribution < -0.4 is 20.3 Å². The van der Waals surface area contributed by atoms with Gasteiger partial charge in [-0.25, -0.2) is 4.98 Å². The van der Waals surface area contributed by atoms with Crippen molar-refractivity contribution in [2.45, 2.75) is 10.8 Å². The highest BCUT2D eigenvalue weighted by Crippen LogP contribution is 2.38. The summed E-state index contributed by atoms with van der Waals surface area (Å²) in [5.74, 6) is 0.0261. The summed E-state index contributed by atoms with van der Waals surface area (Å²) in [6, 6.07) is 16.8. The Morgan fingerprint density at radius 3 is 2.59 bits per heavy atom. The number of carbonyl (C=O) groups excluding carboxylic acids is 3. The van der Waals surface area contributed by atoms with E-state index in [0.717, 1.165) is 11.3 Å². The van der Waals surface area contributed by atoms with Crippen molar-refractivity contribution in [3.8, 4) is 17.0 Å². The standard InChI is InChI=1S/C24H24N4O4S2/c1-25-19(29)14-33-24-26-21(15-6-4-3-5-7-15)23(34-24)27-22(31)16-12-20(30)28(13-16)17-8-10-18(32-2)11-9-17/h3-11,16H,12-14H2,1-2H3,(H,25,29)(H,27,31). The van der Waals surface area contributed by atoms with Crippen LogP contribution in [0.15, 0.2) is 58.9 Å². The third-order valence-electron chi connectivity index (χ3n) is 5.38. The molecule has 1 aliphatic heterocycles. The molecule has 2 aromatic carbocycles. The second kappa shape index (κ2) is 10.7. The number of carbonyl (C=O) groups is 3. The van der Waals surface area contributed by atoms with Gasteiger partial charge in [0.1, 0.15) is 16.4 Å². The van der Waals surface area contributed by atoms with E-state index in [2.05, 4.69) is 15.6 Å². The molecular formula is C24H24N4O4S2. The van der Waals surface area contributed by atoms with Crippen molar-refractivity contribution in [3.63, 3.8) is 0 Å². The summed E-state index contributed by atoms with van der Waals surface area (Å²) in [7, 11) is 3.17. The molecule has 8 nitrogen and oxygen atoms in total. The molecule has 1 aromatic heterocycles. The minimum atomic E-state index is -0.484. The molecule has 0 bridgehead atoms. The molecule has 2 heterocycles. The lowest BCUT2D eigenvalue weighted by Crippen LogP contribution is -2.28. The van der Waals surface area contributed by atoms with Gasteiger partial charge in [-0.2, -0.15) is 0 Å². The molecule has 0 radical (unpaired) electrons. The molecular weight excluding hydrogens is 472 g/mol. The van der Waals surface area contributed by atoms with Crippen molar-refractivity contribution in [1.82, 2.24) is 10.3 Å². The fourth-order valence-corrected chi connectivity index (χ4v) is 5.49. The maximum absolute atomic E-state index is 13.1. The lowest BCUT2D eigenvalue weighted by atomic mass is 10.1. The van der Waals surface area contributed by atoms with Crippen molar-refractivity contribution < 1.29 is 19.1 Å². The predicted molar refractivity (Wildman–Crippen MR) is 134 cm³/mol. The molecule has 1 unspecified atom stereocenters. The molecule has 2 N–H and O–H groups in total. The molecule has 0 saturated carbocycles. The SMILES string of the molecule is CNC(=O)CSc1nc(-c2ccccc2)c(NC(=O)C2CC(=O)N(c3ccc(OC)cc3)C2)s1. The zero-order valence-corrected chi connectivity index (χ0v) is 20.4. The zero-order valence-electron chi connectivity index (χ0n) is 18.7. The van der Waals surface area contributed by atoms with E-state index in [1.807, 2.05) is 42.5 Å². The lowest BCUT2D eigenvalue weighted by Gasteiger charge is -2.17. The van der Waals surface area contributed by atoms with Gasteiger partial charge in [0.05, 0.1) is 18.8 Å². The second-order valence-electron chi connectivity index (χ2n) is 7.58. The Morgan fingerprint density at radius 2 is 1.91 bits per heavy atom. The first kappa shape index (κ1) is 23.8. The van der Waals surface area contributed by atoms with Gasteiger partial charge in [-0.15, -0.1) is 0 Å². The van der Waals surface area contributed by atoms with Gasteiger partial charge in [0, 0.05) is 31.3 Å². The number of thiazole rings is 1. The van der Waals surface area contributed by atoms with Crippen molar-refractivity contribution in [3.05, 3.63) is 54.6 Å². The van der Waals surface area contributed by atoms with Crippen LogP contribution in [-0.2, 0) is 14.4 Å². The first-order valence-electron chi connectivity index (χ1n) is 10.6. The van der Waals surface area contributed by atoms with Crippen molar-refractivity contribution >= 4 is 51.5 Å². The number of nitrogens with one attached hydrogen (secondary N) is 2. The number of ether oxygens (including phenoxy) is 1. The van der Waals surface area contributed by atoms with Crippen LogP contribution in [0.1, 0.15) is 6.42 Å². The molecule has 1 atom stereocenters. The molecule has 1 saturated heterocycles. The smallest absolute Gasteiger partial charge is 0.230 e. The quantitative estimate of drug-likeness (QED) is 0.462. The predicted octanol–water partition coefficient (Wildman–Crippen LogP) is 3.65. The molecule has 34 heavy (non-hydrogen) atoms. The largest absolute Gasteiger partial charge is 0.497 e. The first-order chi connectivity index (χ1) is 16.5. The Morgan fingerprint density at radius 1 is 1.18 bits per heavy atom. The minimum Gasteiger partial charge on any atom is -0.497 e. The minimum absolute atomic E-state index is 0.0975. The molecule has 176 valence electrons. The Bertz CT molecular complexity index is 1180. The summed E-state index contributed by atoms with van der Waals surface area (Å²) in [5.41, 5.74) is 2.25. The van der Waals surface area contributed by atoms with Crippen LogP contribution in [0.5, 0.6) is 5.75 Å². The fourth-order valence-electron chi connectivity index (χ4n) is 3.55. The third kappa shape index (κ3) is 5.40. The van der Waals surface area contributed by atoms with Crippen molar-refractivity contribution in [2.75, 3.05) is 36.7 Å². The van der Waals surface area contributed by atoms with E-state index in [4.69, 9.17) is 4.74 Å². The van der Waals surface area contributed by atoms with Gasteiger partial charge < -0.3 is 20.3 Å². The molecule has 1 fully saturated rings. The maximum atomic E-state index is 13.1.